The number of nitrogens with two attached hydrogens (primary N) is 1. The van der Waals surface area contributed by atoms with Crippen LogP contribution in [0.3, 0.4) is 0 Å². The van der Waals surface area contributed by atoms with Crippen LogP contribution in [0.25, 0.3) is 0 Å². The molecule has 2 unspecified atom stereocenters. The third-order valence-electron chi connectivity index (χ3n) is 8.68. The van der Waals surface area contributed by atoms with E-state index >= 15 is 0 Å². The second kappa shape index (κ2) is 10.6. The van der Waals surface area contributed by atoms with Crippen LogP contribution in [0, 0.1) is 28.1 Å². The largest absolute Gasteiger partial charge is 0.481 e. The Bertz CT molecular complexity index is 1410. The van der Waals surface area contributed by atoms with E-state index in [1.54, 1.807) is 6.07 Å². The molecule has 10 nitrogen and oxygen atoms in total. The molecule has 0 spiro atoms. The number of aliphatic carboxylic acids is 1. The number of carboxylic acid groups (broad SMARTS) is 1. The molecule has 1 amide bonds. The van der Waals surface area contributed by atoms with Crippen molar-refractivity contribution in [3.8, 4) is 6.07 Å². The summed E-state index contributed by atoms with van der Waals surface area (Å²) < 4.78 is 114. The fourth-order valence-corrected chi connectivity index (χ4v) is 8.46. The molecule has 1 saturated heterocycles. The van der Waals surface area contributed by atoms with Gasteiger partial charge >= 0.3 is 18.3 Å². The van der Waals surface area contributed by atoms with Gasteiger partial charge in [-0.05, 0) is 37.5 Å². The van der Waals surface area contributed by atoms with Gasteiger partial charge in [-0.25, -0.2) is 8.42 Å². The Morgan fingerprint density at radius 2 is 1.76 bits per heavy atom. The Kier molecular flexibility index (Phi) is 8.00. The Balaban J connectivity index is 1.66. The third-order valence-corrected chi connectivity index (χ3v) is 10.9. The molecular weight excluding hydrogens is 598 g/mol. The zero-order valence-corrected chi connectivity index (χ0v) is 23.0. The number of amides is 1. The summed E-state index contributed by atoms with van der Waals surface area (Å²) >= 11 is 0. The molecule has 42 heavy (non-hydrogen) atoms. The maximum atomic E-state index is 14.2. The van der Waals surface area contributed by atoms with E-state index in [4.69, 9.17) is 10.5 Å². The number of nitrogens with zero attached hydrogens (tertiary/aromatic N) is 3. The Labute approximate surface area is 236 Å². The van der Waals surface area contributed by atoms with Gasteiger partial charge in [-0.1, -0.05) is 0 Å². The summed E-state index contributed by atoms with van der Waals surface area (Å²) in [5, 5.41) is 18.1. The molecule has 3 fully saturated rings. The van der Waals surface area contributed by atoms with E-state index in [0.29, 0.717) is 6.07 Å². The minimum atomic E-state index is -5.15. The maximum Gasteiger partial charge on any atom is 0.417 e. The number of piperazine rings is 1. The summed E-state index contributed by atoms with van der Waals surface area (Å²) in [5.74, 6) is -3.87. The first-order chi connectivity index (χ1) is 19.3. The SMILES string of the molecule is CO[C@@H]1C[C@H](S(=O)(=O)c2ccc(N3CCN(CC(F)(F)F)CC3)cc2C(F)(F)F)C[C@@]1(C(=O)O)C1CC1(C#N)C(N)=O. The van der Waals surface area contributed by atoms with Gasteiger partial charge < -0.3 is 20.5 Å². The van der Waals surface area contributed by atoms with E-state index in [0.717, 1.165) is 24.1 Å². The number of sulfone groups is 1. The van der Waals surface area contributed by atoms with E-state index in [1.165, 1.54) is 4.90 Å². The van der Waals surface area contributed by atoms with Crippen LogP contribution in [0.15, 0.2) is 23.1 Å². The molecule has 232 valence electrons. The van der Waals surface area contributed by atoms with Crippen LogP contribution in [0.4, 0.5) is 32.0 Å². The van der Waals surface area contributed by atoms with E-state index in [1.807, 2.05) is 0 Å². The molecule has 3 N–H and O–H groups in total. The minimum absolute atomic E-state index is 0.0271. The summed E-state index contributed by atoms with van der Waals surface area (Å²) in [7, 11) is -3.76. The second-order valence-corrected chi connectivity index (χ2v) is 13.1. The van der Waals surface area contributed by atoms with Crippen molar-refractivity contribution in [3.63, 3.8) is 0 Å². The molecule has 1 heterocycles. The lowest BCUT2D eigenvalue weighted by Gasteiger charge is -2.36. The number of halogens is 6. The molecule has 4 rings (SSSR count). The van der Waals surface area contributed by atoms with E-state index in [-0.39, 0.29) is 38.3 Å². The zero-order valence-electron chi connectivity index (χ0n) is 22.2. The van der Waals surface area contributed by atoms with E-state index < -0.39 is 92.0 Å². The monoisotopic (exact) mass is 626 g/mol. The van der Waals surface area contributed by atoms with Crippen molar-refractivity contribution in [2.24, 2.45) is 22.5 Å². The first-order valence-corrected chi connectivity index (χ1v) is 14.3. The lowest BCUT2D eigenvalue weighted by molar-refractivity contribution is -0.159. The number of hydrogen-bond acceptors (Lipinski definition) is 8. The molecule has 0 aromatic heterocycles. The molecule has 0 radical (unpaired) electrons. The van der Waals surface area contributed by atoms with Gasteiger partial charge in [0.05, 0.1) is 34.4 Å². The number of hydrogen-bond donors (Lipinski definition) is 2. The van der Waals surface area contributed by atoms with Gasteiger partial charge in [0, 0.05) is 44.9 Å². The molecule has 1 aliphatic heterocycles. The highest BCUT2D eigenvalue weighted by atomic mass is 32.2. The normalized spacial score (nSPS) is 30.6. The lowest BCUT2D eigenvalue weighted by Crippen LogP contribution is -2.49. The van der Waals surface area contributed by atoms with Crippen molar-refractivity contribution in [1.82, 2.24) is 4.90 Å². The lowest BCUT2D eigenvalue weighted by atomic mass is 9.75. The molecule has 0 bridgehead atoms. The van der Waals surface area contributed by atoms with E-state index in [9.17, 15) is 54.7 Å². The number of benzene rings is 1. The van der Waals surface area contributed by atoms with Gasteiger partial charge in [0.1, 0.15) is 10.8 Å². The van der Waals surface area contributed by atoms with Gasteiger partial charge in [0.25, 0.3) is 0 Å². The summed E-state index contributed by atoms with van der Waals surface area (Å²) in [5.41, 5.74) is -0.154. The number of carbonyl (C=O) groups is 2. The standard InChI is InChI=1S/C25H28F6N4O6S/c1-41-19-9-15(10-23(19,21(37)38)18-11-22(18,12-32)20(33)36)42(39,40)17-3-2-14(8-16(17)25(29,30)31)35-6-4-34(5-7-35)13-24(26,27)28/h2-3,8,15,18-19H,4-7,9-11,13H2,1H3,(H2,33,36)(H,37,38)/t15-,18?,19+,22?,23+/m0/s1. The number of alkyl halides is 6. The molecule has 1 aromatic carbocycles. The molecule has 2 aliphatic carbocycles. The Hall–Kier alpha value is -3.10. The maximum absolute atomic E-state index is 14.2. The fourth-order valence-electron chi connectivity index (χ4n) is 6.44. The van der Waals surface area contributed by atoms with Gasteiger partial charge in [-0.2, -0.15) is 31.6 Å². The number of carbonyl (C=O) groups excluding carboxylic acids is 1. The van der Waals surface area contributed by atoms with Gasteiger partial charge in [0.15, 0.2) is 9.84 Å². The van der Waals surface area contributed by atoms with Crippen molar-refractivity contribution >= 4 is 27.4 Å². The van der Waals surface area contributed by atoms with Gasteiger partial charge in [-0.3, -0.25) is 14.5 Å². The van der Waals surface area contributed by atoms with Crippen LogP contribution in [0.5, 0.6) is 0 Å². The highest BCUT2D eigenvalue weighted by molar-refractivity contribution is 7.92. The molecule has 3 aliphatic rings. The van der Waals surface area contributed by atoms with Gasteiger partial charge in [-0.15, -0.1) is 0 Å². The highest BCUT2D eigenvalue weighted by Gasteiger charge is 2.75. The van der Waals surface area contributed by atoms with Crippen molar-refractivity contribution in [2.45, 2.75) is 47.9 Å². The zero-order chi connectivity index (χ0) is 31.5. The number of nitriles is 1. The number of primary amides is 1. The van der Waals surface area contributed by atoms with Crippen LogP contribution in [-0.4, -0.2) is 87.7 Å². The van der Waals surface area contributed by atoms with Crippen molar-refractivity contribution in [1.29, 1.82) is 5.26 Å². The van der Waals surface area contributed by atoms with Crippen LogP contribution in [-0.2, 0) is 30.3 Å². The average molecular weight is 627 g/mol. The number of rotatable bonds is 8. The van der Waals surface area contributed by atoms with Crippen molar-refractivity contribution < 1.29 is 54.2 Å². The summed E-state index contributed by atoms with van der Waals surface area (Å²) in [4.78, 5) is 26.0. The van der Waals surface area contributed by atoms with Crippen molar-refractivity contribution in [3.05, 3.63) is 23.8 Å². The molecule has 5 atom stereocenters. The highest BCUT2D eigenvalue weighted by Crippen LogP contribution is 2.66. The topological polar surface area (TPSA) is 154 Å². The molecular formula is C25H28F6N4O6S. The number of ether oxygens (including phenoxy) is 1. The van der Waals surface area contributed by atoms with Crippen LogP contribution >= 0.6 is 0 Å². The summed E-state index contributed by atoms with van der Waals surface area (Å²) in [6.07, 6.45) is -12.4. The van der Waals surface area contributed by atoms with Crippen LogP contribution in [0.2, 0.25) is 0 Å². The smallest absolute Gasteiger partial charge is 0.417 e. The van der Waals surface area contributed by atoms with Crippen LogP contribution < -0.4 is 10.6 Å². The first-order valence-electron chi connectivity index (χ1n) is 12.8. The van der Waals surface area contributed by atoms with Crippen LogP contribution in [0.1, 0.15) is 24.8 Å². The van der Waals surface area contributed by atoms with Crippen molar-refractivity contribution in [2.75, 3.05) is 44.7 Å². The summed E-state index contributed by atoms with van der Waals surface area (Å²) in [6.45, 7) is -1.37. The second-order valence-electron chi connectivity index (χ2n) is 10.9. The Morgan fingerprint density at radius 3 is 2.21 bits per heavy atom. The predicted molar refractivity (Wildman–Crippen MR) is 133 cm³/mol. The number of carboxylic acids is 1. The Morgan fingerprint density at radius 1 is 1.14 bits per heavy atom. The third kappa shape index (κ3) is 5.39. The first kappa shape index (κ1) is 31.8. The molecule has 1 aromatic rings. The molecule has 2 saturated carbocycles. The van der Waals surface area contributed by atoms with Gasteiger partial charge in [0.2, 0.25) is 5.91 Å². The van der Waals surface area contributed by atoms with E-state index in [2.05, 4.69) is 0 Å². The minimum Gasteiger partial charge on any atom is -0.481 e. The quantitative estimate of drug-likeness (QED) is 0.414. The number of anilines is 1. The number of methoxy groups -OCH3 is 1. The predicted octanol–water partition coefficient (Wildman–Crippen LogP) is 2.43. The summed E-state index contributed by atoms with van der Waals surface area (Å²) in [6, 6.07) is 4.22. The molecule has 17 heteroatoms. The average Bonchev–Trinajstić information content (AvgIpc) is 3.52. The fraction of sp³-hybridized carbons (Fsp3) is 0.640.